The molecule has 0 saturated carbocycles. The lowest BCUT2D eigenvalue weighted by Gasteiger charge is -2.35. The predicted molar refractivity (Wildman–Crippen MR) is 122 cm³/mol. The van der Waals surface area contributed by atoms with Gasteiger partial charge in [0.25, 0.3) is 5.91 Å². The van der Waals surface area contributed by atoms with Gasteiger partial charge in [-0.05, 0) is 56.4 Å². The van der Waals surface area contributed by atoms with Crippen molar-refractivity contribution >= 4 is 44.7 Å². The molecule has 0 unspecified atom stereocenters. The predicted octanol–water partition coefficient (Wildman–Crippen LogP) is 4.89. The highest BCUT2D eigenvalue weighted by Gasteiger charge is 2.31. The van der Waals surface area contributed by atoms with Gasteiger partial charge in [-0.2, -0.15) is 0 Å². The van der Waals surface area contributed by atoms with E-state index in [2.05, 4.69) is 6.07 Å². The Balaban J connectivity index is 1.22. The Morgan fingerprint density at radius 3 is 2.40 bits per heavy atom. The highest BCUT2D eigenvalue weighted by Crippen LogP contribution is 2.35. The Morgan fingerprint density at radius 2 is 1.63 bits per heavy atom. The average Bonchev–Trinajstić information content (AvgIpc) is 3.46. The molecule has 2 saturated heterocycles. The van der Waals surface area contributed by atoms with Crippen molar-refractivity contribution in [3.63, 3.8) is 0 Å². The molecule has 3 aromatic rings. The van der Waals surface area contributed by atoms with E-state index in [1.54, 1.807) is 11.3 Å². The highest BCUT2D eigenvalue weighted by molar-refractivity contribution is 7.26. The number of nitrogens with zero attached hydrogens (tertiary/aromatic N) is 3. The SMILES string of the molecule is O=C(c1ccc(-c2nc3ccccc3s2)s1)N1CCC(C(=O)N2CCCCC2)CC1. The van der Waals surface area contributed by atoms with E-state index in [9.17, 15) is 9.59 Å². The third-order valence-corrected chi connectivity index (χ3v) is 8.40. The van der Waals surface area contributed by atoms with Gasteiger partial charge in [0.15, 0.2) is 0 Å². The van der Waals surface area contributed by atoms with Gasteiger partial charge in [0.2, 0.25) is 5.91 Å². The molecule has 2 amide bonds. The topological polar surface area (TPSA) is 53.5 Å². The Kier molecular flexibility index (Phi) is 5.56. The minimum atomic E-state index is 0.0776. The first-order chi connectivity index (χ1) is 14.7. The molecule has 0 N–H and O–H groups in total. The van der Waals surface area contributed by atoms with Gasteiger partial charge in [0.1, 0.15) is 5.01 Å². The third kappa shape index (κ3) is 3.88. The molecule has 7 heteroatoms. The van der Waals surface area contributed by atoms with Gasteiger partial charge in [-0.25, -0.2) is 4.98 Å². The standard InChI is InChI=1S/C23H25N3O2S2/c27-22(25-12-4-1-5-13-25)16-10-14-26(15-11-16)23(28)20-9-8-19(29-20)21-24-17-6-2-3-7-18(17)30-21/h2-3,6-9,16H,1,4-5,10-15H2. The van der Waals surface area contributed by atoms with Crippen LogP contribution < -0.4 is 0 Å². The Hall–Kier alpha value is -2.25. The number of piperidine rings is 2. The zero-order valence-corrected chi connectivity index (χ0v) is 18.5. The van der Waals surface area contributed by atoms with Crippen LogP contribution >= 0.6 is 22.7 Å². The Labute approximate surface area is 184 Å². The Bertz CT molecular complexity index is 1030. The fourth-order valence-electron chi connectivity index (χ4n) is 4.40. The van der Waals surface area contributed by atoms with Gasteiger partial charge in [-0.15, -0.1) is 22.7 Å². The van der Waals surface area contributed by atoms with Crippen LogP contribution in [0.4, 0.5) is 0 Å². The summed E-state index contributed by atoms with van der Waals surface area (Å²) < 4.78 is 1.16. The maximum absolute atomic E-state index is 13.0. The summed E-state index contributed by atoms with van der Waals surface area (Å²) in [6.07, 6.45) is 5.03. The van der Waals surface area contributed by atoms with E-state index in [-0.39, 0.29) is 11.8 Å². The molecular formula is C23H25N3O2S2. The monoisotopic (exact) mass is 439 g/mol. The molecule has 4 heterocycles. The summed E-state index contributed by atoms with van der Waals surface area (Å²) in [5.41, 5.74) is 0.999. The number of hydrogen-bond acceptors (Lipinski definition) is 5. The average molecular weight is 440 g/mol. The second-order valence-electron chi connectivity index (χ2n) is 8.10. The summed E-state index contributed by atoms with van der Waals surface area (Å²) in [5.74, 6) is 0.459. The first-order valence-electron chi connectivity index (χ1n) is 10.7. The molecule has 0 aliphatic carbocycles. The number of benzene rings is 1. The van der Waals surface area contributed by atoms with Gasteiger partial charge in [-0.1, -0.05) is 12.1 Å². The van der Waals surface area contributed by atoms with Crippen LogP contribution in [0.2, 0.25) is 0 Å². The van der Waals surface area contributed by atoms with Crippen LogP contribution in [0.3, 0.4) is 0 Å². The molecule has 1 aromatic carbocycles. The van der Waals surface area contributed by atoms with Crippen molar-refractivity contribution in [3.8, 4) is 9.88 Å². The fraction of sp³-hybridized carbons (Fsp3) is 0.435. The maximum atomic E-state index is 13.0. The highest BCUT2D eigenvalue weighted by atomic mass is 32.1. The number of fused-ring (bicyclic) bond motifs is 1. The number of thiophene rings is 1. The van der Waals surface area contributed by atoms with E-state index < -0.39 is 0 Å². The largest absolute Gasteiger partial charge is 0.342 e. The smallest absolute Gasteiger partial charge is 0.263 e. The van der Waals surface area contributed by atoms with Crippen molar-refractivity contribution in [1.82, 2.24) is 14.8 Å². The molecule has 0 bridgehead atoms. The molecule has 2 aliphatic heterocycles. The number of aromatic nitrogens is 1. The molecule has 2 fully saturated rings. The molecule has 2 aromatic heterocycles. The Morgan fingerprint density at radius 1 is 0.867 bits per heavy atom. The fourth-order valence-corrected chi connectivity index (χ4v) is 6.40. The molecule has 156 valence electrons. The lowest BCUT2D eigenvalue weighted by molar-refractivity contribution is -0.137. The minimum absolute atomic E-state index is 0.0776. The van der Waals surface area contributed by atoms with Crippen LogP contribution in [-0.4, -0.2) is 52.8 Å². The van der Waals surface area contributed by atoms with E-state index >= 15 is 0 Å². The van der Waals surface area contributed by atoms with Crippen molar-refractivity contribution < 1.29 is 9.59 Å². The normalized spacial score (nSPS) is 18.1. The molecule has 0 spiro atoms. The van der Waals surface area contributed by atoms with Crippen molar-refractivity contribution in [2.75, 3.05) is 26.2 Å². The van der Waals surface area contributed by atoms with E-state index in [1.807, 2.05) is 40.1 Å². The molecule has 30 heavy (non-hydrogen) atoms. The number of para-hydroxylation sites is 1. The van der Waals surface area contributed by atoms with Crippen LogP contribution in [0.1, 0.15) is 41.8 Å². The molecule has 0 atom stereocenters. The first-order valence-corrected chi connectivity index (χ1v) is 12.4. The van der Waals surface area contributed by atoms with Crippen LogP contribution in [0.25, 0.3) is 20.1 Å². The number of likely N-dealkylation sites (tertiary alicyclic amines) is 2. The van der Waals surface area contributed by atoms with Crippen molar-refractivity contribution in [2.24, 2.45) is 5.92 Å². The van der Waals surface area contributed by atoms with Crippen LogP contribution in [0.5, 0.6) is 0 Å². The number of rotatable bonds is 3. The van der Waals surface area contributed by atoms with Crippen molar-refractivity contribution in [2.45, 2.75) is 32.1 Å². The van der Waals surface area contributed by atoms with Gasteiger partial charge < -0.3 is 9.80 Å². The third-order valence-electron chi connectivity index (χ3n) is 6.12. The van der Waals surface area contributed by atoms with Crippen LogP contribution in [0, 0.1) is 5.92 Å². The van der Waals surface area contributed by atoms with Crippen molar-refractivity contribution in [3.05, 3.63) is 41.3 Å². The van der Waals surface area contributed by atoms with Gasteiger partial charge >= 0.3 is 0 Å². The van der Waals surface area contributed by atoms with E-state index in [0.717, 1.165) is 63.8 Å². The molecule has 5 rings (SSSR count). The quantitative estimate of drug-likeness (QED) is 0.584. The number of carbonyl (C=O) groups is 2. The summed E-state index contributed by atoms with van der Waals surface area (Å²) in [4.78, 5) is 36.2. The maximum Gasteiger partial charge on any atom is 0.263 e. The van der Waals surface area contributed by atoms with Crippen LogP contribution in [0.15, 0.2) is 36.4 Å². The van der Waals surface area contributed by atoms with E-state index in [4.69, 9.17) is 4.98 Å². The summed E-state index contributed by atoms with van der Waals surface area (Å²) >= 11 is 3.17. The lowest BCUT2D eigenvalue weighted by atomic mass is 9.94. The molecule has 5 nitrogen and oxygen atoms in total. The number of hydrogen-bond donors (Lipinski definition) is 0. The number of thiazole rings is 1. The summed E-state index contributed by atoms with van der Waals surface area (Å²) in [5, 5.41) is 0.964. The molecule has 0 radical (unpaired) electrons. The van der Waals surface area contributed by atoms with E-state index in [0.29, 0.717) is 19.0 Å². The zero-order chi connectivity index (χ0) is 20.5. The number of amides is 2. The van der Waals surface area contributed by atoms with Gasteiger partial charge in [0.05, 0.1) is 20.0 Å². The summed E-state index contributed by atoms with van der Waals surface area (Å²) in [7, 11) is 0. The zero-order valence-electron chi connectivity index (χ0n) is 16.9. The van der Waals surface area contributed by atoms with Crippen LogP contribution in [-0.2, 0) is 4.79 Å². The first kappa shape index (κ1) is 19.7. The number of carbonyl (C=O) groups excluding carboxylic acids is 2. The van der Waals surface area contributed by atoms with Gasteiger partial charge in [0, 0.05) is 32.1 Å². The summed E-state index contributed by atoms with van der Waals surface area (Å²) in [6, 6.07) is 12.0. The van der Waals surface area contributed by atoms with Gasteiger partial charge in [-0.3, -0.25) is 9.59 Å². The molecular weight excluding hydrogens is 414 g/mol. The van der Waals surface area contributed by atoms with Crippen molar-refractivity contribution in [1.29, 1.82) is 0 Å². The second kappa shape index (κ2) is 8.47. The second-order valence-corrected chi connectivity index (χ2v) is 10.2. The molecule has 2 aliphatic rings. The minimum Gasteiger partial charge on any atom is -0.342 e. The lowest BCUT2D eigenvalue weighted by Crippen LogP contribution is -2.45. The van der Waals surface area contributed by atoms with E-state index in [1.165, 1.54) is 17.8 Å². The summed E-state index contributed by atoms with van der Waals surface area (Å²) in [6.45, 7) is 3.14.